The van der Waals surface area contributed by atoms with Gasteiger partial charge in [0.05, 0.1) is 0 Å². The van der Waals surface area contributed by atoms with Gasteiger partial charge in [-0.3, -0.25) is 10.1 Å². The van der Waals surface area contributed by atoms with E-state index in [2.05, 4.69) is 24.4 Å². The summed E-state index contributed by atoms with van der Waals surface area (Å²) < 4.78 is 0. The van der Waals surface area contributed by atoms with E-state index in [1.165, 1.54) is 5.56 Å². The fourth-order valence-electron chi connectivity index (χ4n) is 2.38. The lowest BCUT2D eigenvalue weighted by Crippen LogP contribution is -2.38. The first-order valence-electron chi connectivity index (χ1n) is 7.31. The van der Waals surface area contributed by atoms with Crippen molar-refractivity contribution in [1.29, 1.82) is 0 Å². The minimum Gasteiger partial charge on any atom is -0.368 e. The summed E-state index contributed by atoms with van der Waals surface area (Å²) >= 11 is 0. The van der Waals surface area contributed by atoms with Crippen LogP contribution in [0.25, 0.3) is 0 Å². The highest BCUT2D eigenvalue weighted by atomic mass is 16.1. The van der Waals surface area contributed by atoms with Gasteiger partial charge in [-0.2, -0.15) is 0 Å². The first-order chi connectivity index (χ1) is 10.2. The normalized spacial score (nSPS) is 13.6. The SMILES string of the molecule is C[C@@H](CCc1ccccc1)N[C@@H](C(N)=O)c1ccccc1. The van der Waals surface area contributed by atoms with Gasteiger partial charge in [-0.05, 0) is 30.9 Å². The van der Waals surface area contributed by atoms with Gasteiger partial charge in [0.2, 0.25) is 5.91 Å². The van der Waals surface area contributed by atoms with E-state index in [4.69, 9.17) is 5.73 Å². The quantitative estimate of drug-likeness (QED) is 0.820. The Labute approximate surface area is 126 Å². The average molecular weight is 282 g/mol. The van der Waals surface area contributed by atoms with Crippen LogP contribution in [0.15, 0.2) is 60.7 Å². The lowest BCUT2D eigenvalue weighted by molar-refractivity contribution is -0.120. The summed E-state index contributed by atoms with van der Waals surface area (Å²) in [5.74, 6) is -0.340. The lowest BCUT2D eigenvalue weighted by Gasteiger charge is -2.21. The van der Waals surface area contributed by atoms with Crippen molar-refractivity contribution < 1.29 is 4.79 Å². The molecule has 2 aromatic rings. The van der Waals surface area contributed by atoms with E-state index in [0.29, 0.717) is 0 Å². The second-order valence-electron chi connectivity index (χ2n) is 5.34. The molecule has 3 nitrogen and oxygen atoms in total. The zero-order valence-corrected chi connectivity index (χ0v) is 12.3. The molecule has 0 saturated heterocycles. The molecule has 0 spiro atoms. The number of aryl methyl sites for hydroxylation is 1. The van der Waals surface area contributed by atoms with Crippen LogP contribution in [0.2, 0.25) is 0 Å². The van der Waals surface area contributed by atoms with E-state index in [0.717, 1.165) is 18.4 Å². The van der Waals surface area contributed by atoms with Crippen LogP contribution in [-0.4, -0.2) is 11.9 Å². The Balaban J connectivity index is 1.93. The highest BCUT2D eigenvalue weighted by molar-refractivity contribution is 5.81. The monoisotopic (exact) mass is 282 g/mol. The highest BCUT2D eigenvalue weighted by Gasteiger charge is 2.19. The molecule has 0 bridgehead atoms. The zero-order valence-electron chi connectivity index (χ0n) is 12.3. The third kappa shape index (κ3) is 4.72. The number of primary amides is 1. The van der Waals surface area contributed by atoms with Gasteiger partial charge in [0.25, 0.3) is 0 Å². The third-order valence-corrected chi connectivity index (χ3v) is 3.58. The van der Waals surface area contributed by atoms with Gasteiger partial charge < -0.3 is 5.73 Å². The number of nitrogens with one attached hydrogen (secondary N) is 1. The van der Waals surface area contributed by atoms with Gasteiger partial charge in [0.15, 0.2) is 0 Å². The fourth-order valence-corrected chi connectivity index (χ4v) is 2.38. The molecule has 0 aliphatic carbocycles. The summed E-state index contributed by atoms with van der Waals surface area (Å²) in [7, 11) is 0. The predicted octanol–water partition coefficient (Wildman–Crippen LogP) is 2.82. The van der Waals surface area contributed by atoms with Crippen LogP contribution in [0.4, 0.5) is 0 Å². The fraction of sp³-hybridized carbons (Fsp3) is 0.278. The standard InChI is InChI=1S/C18H22N2O/c1-14(12-13-15-8-4-2-5-9-15)20-17(18(19)21)16-10-6-3-7-11-16/h2-11,14,17,20H,12-13H2,1H3,(H2,19,21)/t14-,17+/m0/s1. The molecule has 2 aromatic carbocycles. The summed E-state index contributed by atoms with van der Waals surface area (Å²) in [5.41, 5.74) is 7.74. The van der Waals surface area contributed by atoms with Gasteiger partial charge >= 0.3 is 0 Å². The van der Waals surface area contributed by atoms with E-state index in [1.54, 1.807) is 0 Å². The maximum absolute atomic E-state index is 11.7. The molecule has 0 aromatic heterocycles. The molecule has 0 radical (unpaired) electrons. The number of nitrogens with two attached hydrogens (primary N) is 1. The minimum absolute atomic E-state index is 0.211. The highest BCUT2D eigenvalue weighted by Crippen LogP contribution is 2.14. The molecule has 0 fully saturated rings. The molecule has 1 amide bonds. The van der Waals surface area contributed by atoms with E-state index in [1.807, 2.05) is 48.5 Å². The second-order valence-corrected chi connectivity index (χ2v) is 5.34. The number of hydrogen-bond donors (Lipinski definition) is 2. The molecular weight excluding hydrogens is 260 g/mol. The second kappa shape index (κ2) is 7.60. The van der Waals surface area contributed by atoms with Crippen molar-refractivity contribution in [3.8, 4) is 0 Å². The molecule has 0 aliphatic heterocycles. The van der Waals surface area contributed by atoms with Crippen LogP contribution < -0.4 is 11.1 Å². The van der Waals surface area contributed by atoms with E-state index in [9.17, 15) is 4.79 Å². The van der Waals surface area contributed by atoms with Crippen molar-refractivity contribution in [2.24, 2.45) is 5.73 Å². The van der Waals surface area contributed by atoms with Crippen molar-refractivity contribution in [3.63, 3.8) is 0 Å². The topological polar surface area (TPSA) is 55.1 Å². The summed E-state index contributed by atoms with van der Waals surface area (Å²) in [6, 6.07) is 19.7. The van der Waals surface area contributed by atoms with Gasteiger partial charge in [-0.1, -0.05) is 60.7 Å². The third-order valence-electron chi connectivity index (χ3n) is 3.58. The van der Waals surface area contributed by atoms with E-state index >= 15 is 0 Å². The first-order valence-corrected chi connectivity index (χ1v) is 7.31. The number of hydrogen-bond acceptors (Lipinski definition) is 2. The Morgan fingerprint density at radius 3 is 2.19 bits per heavy atom. The molecule has 3 N–H and O–H groups in total. The number of carbonyl (C=O) groups is 1. The largest absolute Gasteiger partial charge is 0.368 e. The van der Waals surface area contributed by atoms with Crippen LogP contribution in [0.3, 0.4) is 0 Å². The smallest absolute Gasteiger partial charge is 0.239 e. The molecule has 2 atom stereocenters. The summed E-state index contributed by atoms with van der Waals surface area (Å²) in [6.07, 6.45) is 1.94. The molecule has 2 rings (SSSR count). The van der Waals surface area contributed by atoms with Gasteiger partial charge in [-0.15, -0.1) is 0 Å². The summed E-state index contributed by atoms with van der Waals surface area (Å²) in [4.78, 5) is 11.7. The van der Waals surface area contributed by atoms with Crippen molar-refractivity contribution in [3.05, 3.63) is 71.8 Å². The van der Waals surface area contributed by atoms with Crippen LogP contribution in [0, 0.1) is 0 Å². The van der Waals surface area contributed by atoms with Gasteiger partial charge in [0.1, 0.15) is 6.04 Å². The number of rotatable bonds is 7. The molecule has 3 heteroatoms. The maximum Gasteiger partial charge on any atom is 0.239 e. The molecule has 110 valence electrons. The Bertz CT molecular complexity index is 554. The van der Waals surface area contributed by atoms with E-state index in [-0.39, 0.29) is 11.9 Å². The van der Waals surface area contributed by atoms with Crippen LogP contribution in [0.5, 0.6) is 0 Å². The minimum atomic E-state index is -0.433. The number of carbonyl (C=O) groups excluding carboxylic acids is 1. The lowest BCUT2D eigenvalue weighted by atomic mass is 10.0. The van der Waals surface area contributed by atoms with Gasteiger partial charge in [0, 0.05) is 6.04 Å². The Hall–Kier alpha value is -2.13. The van der Waals surface area contributed by atoms with Gasteiger partial charge in [-0.25, -0.2) is 0 Å². The Kier molecular flexibility index (Phi) is 5.52. The molecule has 21 heavy (non-hydrogen) atoms. The summed E-state index contributed by atoms with van der Waals surface area (Å²) in [6.45, 7) is 2.09. The average Bonchev–Trinajstić information content (AvgIpc) is 2.52. The number of benzene rings is 2. The van der Waals surface area contributed by atoms with Crippen LogP contribution in [-0.2, 0) is 11.2 Å². The van der Waals surface area contributed by atoms with Crippen molar-refractivity contribution in [2.75, 3.05) is 0 Å². The van der Waals surface area contributed by atoms with Crippen molar-refractivity contribution in [2.45, 2.75) is 31.8 Å². The molecule has 0 heterocycles. The van der Waals surface area contributed by atoms with Crippen molar-refractivity contribution >= 4 is 5.91 Å². The first kappa shape index (κ1) is 15.3. The molecular formula is C18H22N2O. The summed E-state index contributed by atoms with van der Waals surface area (Å²) in [5, 5.41) is 3.33. The van der Waals surface area contributed by atoms with Crippen molar-refractivity contribution in [1.82, 2.24) is 5.32 Å². The molecule has 0 aliphatic rings. The van der Waals surface area contributed by atoms with Crippen LogP contribution >= 0.6 is 0 Å². The van der Waals surface area contributed by atoms with E-state index < -0.39 is 6.04 Å². The predicted molar refractivity (Wildman–Crippen MR) is 85.7 cm³/mol. The van der Waals surface area contributed by atoms with Crippen LogP contribution in [0.1, 0.15) is 30.5 Å². The maximum atomic E-state index is 11.7. The molecule has 0 unspecified atom stereocenters. The Morgan fingerprint density at radius 2 is 1.62 bits per heavy atom. The zero-order chi connectivity index (χ0) is 15.1. The Morgan fingerprint density at radius 1 is 1.05 bits per heavy atom. The molecule has 0 saturated carbocycles. The number of amides is 1.